The molecule has 8 heteroatoms. The molecule has 27 heavy (non-hydrogen) atoms. The third kappa shape index (κ3) is 3.90. The average Bonchev–Trinajstić information content (AvgIpc) is 3.08. The molecular formula is C19H25BN6O. The molecule has 140 valence electrons. The number of hydrogen-bond donors (Lipinski definition) is 3. The van der Waals surface area contributed by atoms with Crippen molar-refractivity contribution < 1.29 is 5.11 Å². The highest BCUT2D eigenvalue weighted by Crippen LogP contribution is 2.27. The van der Waals surface area contributed by atoms with E-state index in [1.54, 1.807) is 6.20 Å². The van der Waals surface area contributed by atoms with Gasteiger partial charge in [-0.25, -0.2) is 4.98 Å². The molecular weight excluding hydrogens is 339 g/mol. The summed E-state index contributed by atoms with van der Waals surface area (Å²) < 4.78 is 1.83. The zero-order chi connectivity index (χ0) is 18.6. The fourth-order valence-corrected chi connectivity index (χ4v) is 3.77. The van der Waals surface area contributed by atoms with Gasteiger partial charge in [0.05, 0.1) is 0 Å². The number of aliphatic hydroxyl groups excluding tert-OH is 1. The number of aromatic nitrogens is 4. The van der Waals surface area contributed by atoms with Gasteiger partial charge in [0.2, 0.25) is 0 Å². The summed E-state index contributed by atoms with van der Waals surface area (Å²) in [5.74, 6) is 2.00. The van der Waals surface area contributed by atoms with E-state index in [1.165, 1.54) is 12.8 Å². The van der Waals surface area contributed by atoms with E-state index >= 15 is 0 Å². The van der Waals surface area contributed by atoms with Gasteiger partial charge in [0.1, 0.15) is 19.5 Å². The Morgan fingerprint density at radius 3 is 2.96 bits per heavy atom. The predicted octanol–water partition coefficient (Wildman–Crippen LogP) is 0.958. The summed E-state index contributed by atoms with van der Waals surface area (Å²) in [6, 6.07) is 6.23. The van der Waals surface area contributed by atoms with Crippen molar-refractivity contribution in [3.8, 4) is 0 Å². The Balaban J connectivity index is 1.60. The van der Waals surface area contributed by atoms with E-state index in [0.717, 1.165) is 41.2 Å². The molecule has 0 aliphatic heterocycles. The third-order valence-electron chi connectivity index (χ3n) is 5.32. The molecule has 2 atom stereocenters. The van der Waals surface area contributed by atoms with Crippen LogP contribution in [0.1, 0.15) is 31.2 Å². The van der Waals surface area contributed by atoms with Crippen molar-refractivity contribution in [1.29, 1.82) is 0 Å². The Morgan fingerprint density at radius 1 is 1.26 bits per heavy atom. The zero-order valence-corrected chi connectivity index (χ0v) is 15.6. The van der Waals surface area contributed by atoms with Crippen LogP contribution in [0.3, 0.4) is 0 Å². The van der Waals surface area contributed by atoms with Crippen molar-refractivity contribution in [3.63, 3.8) is 0 Å². The van der Waals surface area contributed by atoms with Gasteiger partial charge in [-0.1, -0.05) is 18.9 Å². The van der Waals surface area contributed by atoms with Crippen LogP contribution < -0.4 is 16.1 Å². The molecule has 0 aromatic carbocycles. The number of rotatable bonds is 6. The van der Waals surface area contributed by atoms with Crippen molar-refractivity contribution in [1.82, 2.24) is 19.6 Å². The van der Waals surface area contributed by atoms with E-state index in [4.69, 9.17) is 4.98 Å². The molecule has 1 aliphatic rings. The quantitative estimate of drug-likeness (QED) is 0.565. The summed E-state index contributed by atoms with van der Waals surface area (Å²) in [4.78, 5) is 8.93. The van der Waals surface area contributed by atoms with Gasteiger partial charge in [-0.3, -0.25) is 4.98 Å². The predicted molar refractivity (Wildman–Crippen MR) is 109 cm³/mol. The lowest BCUT2D eigenvalue weighted by Gasteiger charge is -2.31. The van der Waals surface area contributed by atoms with Crippen LogP contribution in [0.5, 0.6) is 0 Å². The van der Waals surface area contributed by atoms with E-state index in [2.05, 4.69) is 20.7 Å². The first-order valence-corrected chi connectivity index (χ1v) is 9.60. The summed E-state index contributed by atoms with van der Waals surface area (Å²) in [6.07, 6.45) is 9.97. The monoisotopic (exact) mass is 364 g/mol. The molecule has 1 saturated carbocycles. The van der Waals surface area contributed by atoms with Crippen LogP contribution in [0, 0.1) is 5.92 Å². The Hall–Kier alpha value is -2.61. The van der Waals surface area contributed by atoms with Gasteiger partial charge in [0, 0.05) is 49.8 Å². The summed E-state index contributed by atoms with van der Waals surface area (Å²) in [5, 5.41) is 21.2. The molecule has 1 aliphatic carbocycles. The first kappa shape index (κ1) is 17.8. The Morgan fingerprint density at radius 2 is 2.15 bits per heavy atom. The number of fused-ring (bicyclic) bond motifs is 1. The van der Waals surface area contributed by atoms with Gasteiger partial charge in [-0.15, -0.1) is 0 Å². The molecule has 3 aromatic heterocycles. The number of nitrogens with one attached hydrogen (secondary N) is 2. The van der Waals surface area contributed by atoms with E-state index < -0.39 is 0 Å². The van der Waals surface area contributed by atoms with Gasteiger partial charge >= 0.3 is 0 Å². The molecule has 0 radical (unpaired) electrons. The largest absolute Gasteiger partial charge is 0.396 e. The lowest BCUT2D eigenvalue weighted by atomic mass is 9.85. The van der Waals surface area contributed by atoms with Crippen LogP contribution in [-0.2, 0) is 6.54 Å². The Labute approximate surface area is 159 Å². The summed E-state index contributed by atoms with van der Waals surface area (Å²) >= 11 is 0. The fraction of sp³-hybridized carbons (Fsp3) is 0.421. The number of anilines is 2. The zero-order valence-electron chi connectivity index (χ0n) is 15.6. The summed E-state index contributed by atoms with van der Waals surface area (Å²) in [5.41, 5.74) is 2.98. The van der Waals surface area contributed by atoms with Gasteiger partial charge in [0.15, 0.2) is 5.65 Å². The molecule has 3 heterocycles. The van der Waals surface area contributed by atoms with Crippen molar-refractivity contribution in [2.45, 2.75) is 38.3 Å². The topological polar surface area (TPSA) is 87.4 Å². The number of pyridine rings is 1. The van der Waals surface area contributed by atoms with Crippen molar-refractivity contribution in [3.05, 3.63) is 42.4 Å². The van der Waals surface area contributed by atoms with E-state index in [9.17, 15) is 5.11 Å². The minimum absolute atomic E-state index is 0.220. The highest BCUT2D eigenvalue weighted by atomic mass is 16.3. The normalized spacial score (nSPS) is 19.9. The molecule has 0 unspecified atom stereocenters. The standard InChI is InChI=1S/C19H25BN6O/c20-15-11-23-26-18(22-10-13-4-3-7-21-9-13)8-17(25-19(15)26)24-16-6-2-1-5-14(16)12-27/h3-4,7-9,11,14,16,22,27H,1-2,5-6,10,12,20H2,(H,24,25)/t14-,16+/m0/s1. The SMILES string of the molecule is Bc1cnn2c(NCc3cccnc3)cc(N[C@@H]3CCCC[C@H]3CO)nc12. The second-order valence-corrected chi connectivity index (χ2v) is 7.28. The molecule has 0 saturated heterocycles. The third-order valence-corrected chi connectivity index (χ3v) is 5.32. The molecule has 0 spiro atoms. The van der Waals surface area contributed by atoms with Crippen molar-refractivity contribution >= 4 is 30.6 Å². The first-order valence-electron chi connectivity index (χ1n) is 9.60. The molecule has 3 N–H and O–H groups in total. The maximum atomic E-state index is 9.69. The van der Waals surface area contributed by atoms with Crippen LogP contribution >= 0.6 is 0 Å². The lowest BCUT2D eigenvalue weighted by molar-refractivity contribution is 0.178. The molecule has 0 bridgehead atoms. The summed E-state index contributed by atoms with van der Waals surface area (Å²) in [7, 11) is 2.02. The maximum Gasteiger partial charge on any atom is 0.153 e. The second-order valence-electron chi connectivity index (χ2n) is 7.28. The van der Waals surface area contributed by atoms with Crippen LogP contribution in [0.15, 0.2) is 36.8 Å². The first-order chi connectivity index (χ1) is 13.2. The van der Waals surface area contributed by atoms with Crippen LogP contribution in [0.4, 0.5) is 11.6 Å². The highest BCUT2D eigenvalue weighted by Gasteiger charge is 2.25. The number of aliphatic hydroxyl groups is 1. The van der Waals surface area contributed by atoms with Gasteiger partial charge in [-0.2, -0.15) is 9.61 Å². The molecule has 3 aromatic rings. The lowest BCUT2D eigenvalue weighted by Crippen LogP contribution is -2.34. The van der Waals surface area contributed by atoms with Crippen LogP contribution in [-0.4, -0.2) is 45.2 Å². The molecule has 4 rings (SSSR count). The van der Waals surface area contributed by atoms with Crippen LogP contribution in [0.2, 0.25) is 0 Å². The van der Waals surface area contributed by atoms with E-state index in [-0.39, 0.29) is 18.6 Å². The van der Waals surface area contributed by atoms with Gasteiger partial charge in [-0.05, 0) is 29.9 Å². The van der Waals surface area contributed by atoms with Gasteiger partial charge in [0.25, 0.3) is 0 Å². The van der Waals surface area contributed by atoms with E-state index in [0.29, 0.717) is 6.54 Å². The fourth-order valence-electron chi connectivity index (χ4n) is 3.77. The minimum Gasteiger partial charge on any atom is -0.396 e. The number of hydrogen-bond acceptors (Lipinski definition) is 6. The maximum absolute atomic E-state index is 9.69. The van der Waals surface area contributed by atoms with E-state index in [1.807, 2.05) is 43.0 Å². The molecule has 7 nitrogen and oxygen atoms in total. The van der Waals surface area contributed by atoms with Crippen molar-refractivity contribution in [2.75, 3.05) is 17.2 Å². The van der Waals surface area contributed by atoms with Crippen LogP contribution in [0.25, 0.3) is 5.65 Å². The molecule has 0 amide bonds. The summed E-state index contributed by atoms with van der Waals surface area (Å²) in [6.45, 7) is 0.881. The average molecular weight is 364 g/mol. The highest BCUT2D eigenvalue weighted by molar-refractivity contribution is 6.36. The number of nitrogens with zero attached hydrogens (tertiary/aromatic N) is 4. The Bertz CT molecular complexity index is 900. The Kier molecular flexibility index (Phi) is 5.24. The second kappa shape index (κ2) is 7.96. The smallest absolute Gasteiger partial charge is 0.153 e. The van der Waals surface area contributed by atoms with Crippen molar-refractivity contribution in [2.24, 2.45) is 5.92 Å². The minimum atomic E-state index is 0.220. The van der Waals surface area contributed by atoms with Gasteiger partial charge < -0.3 is 15.7 Å². The molecule has 1 fully saturated rings.